The number of para-hydroxylation sites is 2. The number of anilines is 4. The number of H-pyrrole nitrogens is 4. The van der Waals surface area contributed by atoms with E-state index in [-0.39, 0.29) is 58.1 Å². The molecule has 1 aliphatic carbocycles. The van der Waals surface area contributed by atoms with Gasteiger partial charge in [-0.1, -0.05) is 110 Å². The van der Waals surface area contributed by atoms with Gasteiger partial charge in [-0.3, -0.25) is 28.3 Å². The molecule has 0 bridgehead atoms. The van der Waals surface area contributed by atoms with Crippen LogP contribution in [0.5, 0.6) is 0 Å². The smallest absolute Gasteiger partial charge is 0.263 e. The fourth-order valence-corrected chi connectivity index (χ4v) is 15.6. The highest BCUT2D eigenvalue weighted by molar-refractivity contribution is 5.90. The number of nitrogens with zero attached hydrogens (tertiary/aromatic N) is 16. The predicted molar refractivity (Wildman–Crippen MR) is 457 cm³/mol. The predicted octanol–water partition coefficient (Wildman–Crippen LogP) is 16.3. The zero-order chi connectivity index (χ0) is 81.4. The topological polar surface area (TPSA) is 354 Å². The van der Waals surface area contributed by atoms with Crippen LogP contribution < -0.4 is 43.5 Å². The summed E-state index contributed by atoms with van der Waals surface area (Å²) in [6.45, 7) is 22.0. The van der Waals surface area contributed by atoms with Crippen molar-refractivity contribution in [1.29, 1.82) is 0 Å². The minimum Gasteiger partial charge on any atom is -0.360 e. The number of aromatic amines is 4. The lowest BCUT2D eigenvalue weighted by molar-refractivity contribution is 0.541. The molecular weight excluding hydrogens is 1480 g/mol. The summed E-state index contributed by atoms with van der Waals surface area (Å²) in [4.78, 5) is 117. The van der Waals surface area contributed by atoms with Crippen molar-refractivity contribution in [3.63, 3.8) is 0 Å². The van der Waals surface area contributed by atoms with Crippen LogP contribution in [0.1, 0.15) is 148 Å². The fourth-order valence-electron chi connectivity index (χ4n) is 15.6. The van der Waals surface area contributed by atoms with Crippen molar-refractivity contribution in [2.24, 2.45) is 0 Å². The summed E-state index contributed by atoms with van der Waals surface area (Å²) < 4.78 is 21.9. The maximum Gasteiger partial charge on any atom is 0.263 e. The van der Waals surface area contributed by atoms with Gasteiger partial charge in [0.15, 0.2) is 45.9 Å². The summed E-state index contributed by atoms with van der Waals surface area (Å²) in [5.41, 5.74) is 14.5. The highest BCUT2D eigenvalue weighted by atomic mass is 19.1. The highest BCUT2D eigenvalue weighted by Crippen LogP contribution is 2.39. The van der Waals surface area contributed by atoms with Gasteiger partial charge in [0.05, 0.1) is 82.4 Å². The maximum absolute atomic E-state index is 14.8. The molecule has 0 spiro atoms. The Labute approximate surface area is 668 Å². The Kier molecular flexibility index (Phi) is 21.0. The van der Waals surface area contributed by atoms with Gasteiger partial charge < -0.3 is 50.3 Å². The van der Waals surface area contributed by atoms with Gasteiger partial charge in [0, 0.05) is 34.9 Å². The van der Waals surface area contributed by atoms with Crippen molar-refractivity contribution in [3.8, 4) is 11.4 Å². The van der Waals surface area contributed by atoms with E-state index in [9.17, 15) is 23.6 Å². The van der Waals surface area contributed by atoms with E-state index < -0.39 is 5.82 Å². The maximum atomic E-state index is 14.8. The van der Waals surface area contributed by atoms with Crippen LogP contribution in [0.4, 0.5) is 27.7 Å². The summed E-state index contributed by atoms with van der Waals surface area (Å²) >= 11 is 0. The van der Waals surface area contributed by atoms with Gasteiger partial charge >= 0.3 is 0 Å². The van der Waals surface area contributed by atoms with Crippen molar-refractivity contribution in [1.82, 2.24) is 98.0 Å². The van der Waals surface area contributed by atoms with E-state index in [1.165, 1.54) is 35.9 Å². The molecule has 1 fully saturated rings. The lowest BCUT2D eigenvalue weighted by atomic mass is 10.0. The first-order valence-electron chi connectivity index (χ1n) is 38.8. The second-order valence-electron chi connectivity index (χ2n) is 29.6. The third-order valence-corrected chi connectivity index (χ3v) is 21.4. The first kappa shape index (κ1) is 76.5. The first-order valence-corrected chi connectivity index (χ1v) is 38.8. The summed E-state index contributed by atoms with van der Waals surface area (Å²) in [7, 11) is 0. The molecule has 4 unspecified atom stereocenters. The Morgan fingerprint density at radius 1 is 0.385 bits per heavy atom. The number of aromatic nitrogens is 20. The molecule has 0 saturated heterocycles. The molecule has 4 atom stereocenters. The fraction of sp³-hybridized carbons (Fsp3) is 0.227. The molecule has 18 aromatic rings. The molecule has 6 aromatic carbocycles. The molecule has 12 heterocycles. The summed E-state index contributed by atoms with van der Waals surface area (Å²) in [5.74, 6) is 2.09. The van der Waals surface area contributed by atoms with Gasteiger partial charge in [-0.2, -0.15) is 0 Å². The zero-order valence-electron chi connectivity index (χ0n) is 66.2. The summed E-state index contributed by atoms with van der Waals surface area (Å²) in [5, 5.41) is 20.3. The molecule has 1 saturated carbocycles. The standard InChI is InChI=1S/C25H24N6O.C23H19FN6O.C20H20N6O.C20H22N6O/c1-4-18(30-24-22-23(27-13-26-22)28-14-29-24)20-12-17-10-7-9-16(3)21(17)25(32)31(20)19-11-6-5-8-15(19)2;1-13-6-5-7-15-10-18(14(2)29-22-20-21(26-11-25-20)27-12-28-22)30(23(31)19(13)15)17-9-4-3-8-16(17)24;1-11-4-3-5-13-8-15(26(14-6-7-14)20(27)16(11)13)12(2)25-19-17-18(22-9-21-17)23-10-24-19;1-11(2)26-15(8-14-7-5-6-12(3)16(14)20(26)27)13(4)25-19-17-18(22-9-21-17)23-10-24-19/h5-14,18H,4H2,1-3H3,(H2,26,27,28,29,30);3-12,14H,1-2H3,(H2,25,26,27,28,29);3-5,8-10,12,14H,6-7H2,1-2H3,(H2,21,22,23,24,25);5-11,13H,1-4H3,(H2,21,22,23,24,25). The van der Waals surface area contributed by atoms with Crippen molar-refractivity contribution in [3.05, 3.63) is 294 Å². The largest absolute Gasteiger partial charge is 0.360 e. The van der Waals surface area contributed by atoms with Crippen LogP contribution in [-0.4, -0.2) is 98.0 Å². The van der Waals surface area contributed by atoms with Gasteiger partial charge in [0.1, 0.15) is 53.2 Å². The number of hydrogen-bond acceptors (Lipinski definition) is 20. The molecule has 1 aliphatic rings. The average molecular weight is 1560 g/mol. The van der Waals surface area contributed by atoms with E-state index in [4.69, 9.17) is 0 Å². The molecule has 19 rings (SSSR count). The Bertz CT molecular complexity index is 6890. The highest BCUT2D eigenvalue weighted by Gasteiger charge is 2.31. The lowest BCUT2D eigenvalue weighted by Gasteiger charge is -2.24. The number of hydrogen-bond donors (Lipinski definition) is 8. The number of benzene rings is 6. The third kappa shape index (κ3) is 14.8. The van der Waals surface area contributed by atoms with Crippen LogP contribution in [0.2, 0.25) is 0 Å². The Morgan fingerprint density at radius 2 is 0.735 bits per heavy atom. The molecule has 0 amide bonds. The summed E-state index contributed by atoms with van der Waals surface area (Å²) in [6.07, 6.45) is 15.1. The van der Waals surface area contributed by atoms with Crippen LogP contribution in [-0.2, 0) is 0 Å². The van der Waals surface area contributed by atoms with Crippen molar-refractivity contribution >= 4 is 111 Å². The van der Waals surface area contributed by atoms with E-state index in [1.54, 1.807) is 43.5 Å². The van der Waals surface area contributed by atoms with E-state index in [0.29, 0.717) is 68.5 Å². The van der Waals surface area contributed by atoms with E-state index in [0.717, 1.165) is 124 Å². The molecule has 0 radical (unpaired) electrons. The first-order chi connectivity index (χ1) is 56.7. The van der Waals surface area contributed by atoms with Gasteiger partial charge in [-0.25, -0.2) is 64.2 Å². The van der Waals surface area contributed by atoms with E-state index in [1.807, 2.05) is 179 Å². The number of rotatable bonds is 17. The van der Waals surface area contributed by atoms with Crippen LogP contribution in [0.15, 0.2) is 215 Å². The Hall–Kier alpha value is -14.5. The number of halogens is 1. The van der Waals surface area contributed by atoms with Gasteiger partial charge in [-0.05, 0) is 180 Å². The zero-order valence-corrected chi connectivity index (χ0v) is 66.2. The van der Waals surface area contributed by atoms with Gasteiger partial charge in [0.2, 0.25) is 0 Å². The second-order valence-corrected chi connectivity index (χ2v) is 29.6. The summed E-state index contributed by atoms with van der Waals surface area (Å²) in [6, 6.07) is 45.7. The van der Waals surface area contributed by atoms with Crippen LogP contribution in [0.25, 0.3) is 99.1 Å². The van der Waals surface area contributed by atoms with Crippen molar-refractivity contribution in [2.75, 3.05) is 21.3 Å². The second kappa shape index (κ2) is 32.2. The molecule has 588 valence electrons. The minimum absolute atomic E-state index is 0.0143. The van der Waals surface area contributed by atoms with Gasteiger partial charge in [0.25, 0.3) is 22.2 Å². The molecular formula is C88H85FN24O4. The van der Waals surface area contributed by atoms with Crippen LogP contribution >= 0.6 is 0 Å². The van der Waals surface area contributed by atoms with E-state index >= 15 is 0 Å². The average Bonchev–Trinajstić information content (AvgIpc) is 1.42. The van der Waals surface area contributed by atoms with Crippen molar-refractivity contribution in [2.45, 2.75) is 132 Å². The number of aryl methyl sites for hydroxylation is 5. The SMILES string of the molecule is CCC(Nc1ncnc2nc[nH]c12)c1cc2cccc(C)c2c(=O)n1-c1ccccc1C.Cc1cccc2cc(C(C)Nc3ncnc4nc[nH]c34)n(-c3ccccc3F)c(=O)c12.Cc1cccc2cc(C(C)Nc3ncnc4nc[nH]c34)n(C(C)C)c(=O)c12.Cc1cccc2cc(C(C)Nc3ncnc4nc[nH]c34)n(C3CC3)c(=O)c12. The number of nitrogens with one attached hydrogen (secondary N) is 8. The number of fused-ring (bicyclic) bond motifs is 8. The third-order valence-electron chi connectivity index (χ3n) is 21.4. The molecule has 117 heavy (non-hydrogen) atoms. The number of pyridine rings is 4. The quantitative estimate of drug-likeness (QED) is 0.0420. The normalized spacial score (nSPS) is 13.1. The monoisotopic (exact) mass is 1560 g/mol. The van der Waals surface area contributed by atoms with Crippen molar-refractivity contribution < 1.29 is 4.39 Å². The van der Waals surface area contributed by atoms with Crippen LogP contribution in [0.3, 0.4) is 0 Å². The van der Waals surface area contributed by atoms with E-state index in [2.05, 4.69) is 133 Å². The molecule has 8 N–H and O–H groups in total. The molecule has 0 aliphatic heterocycles. The molecule has 12 aromatic heterocycles. The Morgan fingerprint density at radius 3 is 1.15 bits per heavy atom. The molecule has 29 heteroatoms. The van der Waals surface area contributed by atoms with Gasteiger partial charge in [-0.15, -0.1) is 0 Å². The van der Waals surface area contributed by atoms with Crippen LogP contribution in [0, 0.1) is 40.4 Å². The minimum atomic E-state index is -0.469. The number of imidazole rings is 4. The Balaban J connectivity index is 0.000000117. The lowest BCUT2D eigenvalue weighted by Crippen LogP contribution is -2.28. The molecule has 28 nitrogen and oxygen atoms in total.